The maximum absolute atomic E-state index is 6.01. The van der Waals surface area contributed by atoms with Gasteiger partial charge in [-0.1, -0.05) is 50.2 Å². The van der Waals surface area contributed by atoms with Crippen LogP contribution in [0.5, 0.6) is 0 Å². The van der Waals surface area contributed by atoms with Crippen molar-refractivity contribution in [1.29, 1.82) is 0 Å². The molecular weight excluding hydrogens is 258 g/mol. The van der Waals surface area contributed by atoms with Gasteiger partial charge in [0.1, 0.15) is 0 Å². The molecule has 2 heteroatoms. The predicted octanol–water partition coefficient (Wildman–Crippen LogP) is 4.55. The van der Waals surface area contributed by atoms with E-state index in [-0.39, 0.29) is 6.04 Å². The first-order valence-corrected chi connectivity index (χ1v) is 7.87. The summed E-state index contributed by atoms with van der Waals surface area (Å²) in [7, 11) is 2.00. The zero-order valence-electron chi connectivity index (χ0n) is 13.6. The van der Waals surface area contributed by atoms with E-state index in [1.165, 1.54) is 16.3 Å². The molecule has 1 N–H and O–H groups in total. The summed E-state index contributed by atoms with van der Waals surface area (Å²) in [5.41, 5.74) is 1.29. The minimum Gasteiger partial charge on any atom is -0.377 e. The van der Waals surface area contributed by atoms with Gasteiger partial charge in [0.15, 0.2) is 0 Å². The summed E-state index contributed by atoms with van der Waals surface area (Å²) >= 11 is 0. The number of nitrogens with one attached hydrogen (secondary N) is 1. The lowest BCUT2D eigenvalue weighted by Gasteiger charge is -2.21. The van der Waals surface area contributed by atoms with E-state index in [1.54, 1.807) is 0 Å². The molecule has 0 aliphatic heterocycles. The molecule has 0 aliphatic rings. The van der Waals surface area contributed by atoms with Crippen molar-refractivity contribution >= 4 is 10.8 Å². The second-order valence-corrected chi connectivity index (χ2v) is 6.22. The van der Waals surface area contributed by atoms with E-state index < -0.39 is 0 Å². The Bertz CT molecular complexity index is 564. The number of ether oxygens (including phenoxy) is 1. The number of likely N-dealkylation sites (N-methyl/N-ethyl adjacent to an activating group) is 1. The first kappa shape index (κ1) is 16.0. The van der Waals surface area contributed by atoms with Crippen LogP contribution in [-0.2, 0) is 4.74 Å². The highest BCUT2D eigenvalue weighted by atomic mass is 16.5. The standard InChI is InChI=1S/C19H27NO/c1-14(2)11-15(3)21-13-19(20-4)18-10-9-16-7-5-6-8-17(16)12-18/h5-10,12,14-15,19-20H,11,13H2,1-4H3. The van der Waals surface area contributed by atoms with Crippen LogP contribution in [0.4, 0.5) is 0 Å². The summed E-state index contributed by atoms with van der Waals surface area (Å²) in [6.07, 6.45) is 1.41. The average Bonchev–Trinajstić information content (AvgIpc) is 2.47. The second-order valence-electron chi connectivity index (χ2n) is 6.22. The summed E-state index contributed by atoms with van der Waals surface area (Å²) in [5.74, 6) is 0.675. The summed E-state index contributed by atoms with van der Waals surface area (Å²) in [6.45, 7) is 7.34. The van der Waals surface area contributed by atoms with Gasteiger partial charge in [-0.2, -0.15) is 0 Å². The van der Waals surface area contributed by atoms with E-state index in [0.29, 0.717) is 18.6 Å². The van der Waals surface area contributed by atoms with Crippen LogP contribution in [0.1, 0.15) is 38.8 Å². The predicted molar refractivity (Wildman–Crippen MR) is 90.6 cm³/mol. The second kappa shape index (κ2) is 7.58. The zero-order chi connectivity index (χ0) is 15.2. The molecular formula is C19H27NO. The van der Waals surface area contributed by atoms with Crippen LogP contribution < -0.4 is 5.32 Å². The van der Waals surface area contributed by atoms with Gasteiger partial charge in [-0.25, -0.2) is 0 Å². The van der Waals surface area contributed by atoms with Crippen molar-refractivity contribution in [2.75, 3.05) is 13.7 Å². The Hall–Kier alpha value is -1.38. The zero-order valence-corrected chi connectivity index (χ0v) is 13.6. The van der Waals surface area contributed by atoms with Gasteiger partial charge in [0.05, 0.1) is 18.8 Å². The Labute approximate surface area is 128 Å². The molecule has 0 spiro atoms. The number of hydrogen-bond acceptors (Lipinski definition) is 2. The monoisotopic (exact) mass is 285 g/mol. The van der Waals surface area contributed by atoms with Gasteiger partial charge in [-0.3, -0.25) is 0 Å². The lowest BCUT2D eigenvalue weighted by molar-refractivity contribution is 0.0383. The van der Waals surface area contributed by atoms with Crippen molar-refractivity contribution in [3.05, 3.63) is 48.0 Å². The maximum Gasteiger partial charge on any atom is 0.0665 e. The van der Waals surface area contributed by atoms with Crippen LogP contribution in [0.25, 0.3) is 10.8 Å². The van der Waals surface area contributed by atoms with Crippen molar-refractivity contribution < 1.29 is 4.74 Å². The van der Waals surface area contributed by atoms with Crippen LogP contribution in [0.2, 0.25) is 0 Å². The molecule has 0 heterocycles. The van der Waals surface area contributed by atoms with Crippen molar-refractivity contribution in [2.45, 2.75) is 39.3 Å². The fourth-order valence-corrected chi connectivity index (χ4v) is 2.76. The van der Waals surface area contributed by atoms with Gasteiger partial charge in [-0.05, 0) is 48.7 Å². The number of rotatable bonds is 7. The molecule has 21 heavy (non-hydrogen) atoms. The van der Waals surface area contributed by atoms with Gasteiger partial charge in [-0.15, -0.1) is 0 Å². The van der Waals surface area contributed by atoms with Crippen molar-refractivity contribution in [3.63, 3.8) is 0 Å². The number of hydrogen-bond donors (Lipinski definition) is 1. The van der Waals surface area contributed by atoms with Crippen molar-refractivity contribution in [1.82, 2.24) is 5.32 Å². The highest BCUT2D eigenvalue weighted by Crippen LogP contribution is 2.21. The molecule has 0 saturated heterocycles. The minimum absolute atomic E-state index is 0.240. The fourth-order valence-electron chi connectivity index (χ4n) is 2.76. The van der Waals surface area contributed by atoms with Gasteiger partial charge in [0, 0.05) is 0 Å². The first-order chi connectivity index (χ1) is 10.1. The minimum atomic E-state index is 0.240. The molecule has 0 aromatic heterocycles. The molecule has 0 amide bonds. The SMILES string of the molecule is CNC(COC(C)CC(C)C)c1ccc2ccccc2c1. The number of fused-ring (bicyclic) bond motifs is 1. The first-order valence-electron chi connectivity index (χ1n) is 7.87. The summed E-state index contributed by atoms with van der Waals surface area (Å²) in [5, 5.41) is 5.93. The third kappa shape index (κ3) is 4.55. The molecule has 2 aromatic rings. The topological polar surface area (TPSA) is 21.3 Å². The van der Waals surface area contributed by atoms with E-state index in [1.807, 2.05) is 7.05 Å². The van der Waals surface area contributed by atoms with E-state index in [2.05, 4.69) is 68.6 Å². The third-order valence-electron chi connectivity index (χ3n) is 3.88. The highest BCUT2D eigenvalue weighted by molar-refractivity contribution is 5.83. The van der Waals surface area contributed by atoms with Gasteiger partial charge in [0.2, 0.25) is 0 Å². The van der Waals surface area contributed by atoms with Gasteiger partial charge >= 0.3 is 0 Å². The Kier molecular flexibility index (Phi) is 5.77. The Morgan fingerprint density at radius 2 is 1.71 bits per heavy atom. The summed E-state index contributed by atoms with van der Waals surface area (Å²) in [6, 6.07) is 15.3. The van der Waals surface area contributed by atoms with E-state index >= 15 is 0 Å². The maximum atomic E-state index is 6.01. The lowest BCUT2D eigenvalue weighted by atomic mass is 10.0. The van der Waals surface area contributed by atoms with Gasteiger partial charge in [0.25, 0.3) is 0 Å². The molecule has 0 bridgehead atoms. The molecule has 2 atom stereocenters. The summed E-state index contributed by atoms with van der Waals surface area (Å²) < 4.78 is 6.01. The quantitative estimate of drug-likeness (QED) is 0.805. The fraction of sp³-hybridized carbons (Fsp3) is 0.474. The molecule has 2 rings (SSSR count). The molecule has 0 radical (unpaired) electrons. The van der Waals surface area contributed by atoms with Crippen LogP contribution >= 0.6 is 0 Å². The van der Waals surface area contributed by atoms with Crippen LogP contribution in [0.15, 0.2) is 42.5 Å². The van der Waals surface area contributed by atoms with Crippen molar-refractivity contribution in [3.8, 4) is 0 Å². The molecule has 2 aromatic carbocycles. The molecule has 0 saturated carbocycles. The Balaban J connectivity index is 2.05. The molecule has 0 fully saturated rings. The normalized spacial score (nSPS) is 14.5. The van der Waals surface area contributed by atoms with Crippen molar-refractivity contribution in [2.24, 2.45) is 5.92 Å². The van der Waals surface area contributed by atoms with E-state index in [4.69, 9.17) is 4.74 Å². The number of benzene rings is 2. The lowest BCUT2D eigenvalue weighted by Crippen LogP contribution is -2.24. The molecule has 114 valence electrons. The van der Waals surface area contributed by atoms with Crippen LogP contribution in [-0.4, -0.2) is 19.8 Å². The molecule has 0 aliphatic carbocycles. The van der Waals surface area contributed by atoms with Crippen LogP contribution in [0, 0.1) is 5.92 Å². The summed E-state index contributed by atoms with van der Waals surface area (Å²) in [4.78, 5) is 0. The molecule has 2 nitrogen and oxygen atoms in total. The third-order valence-corrected chi connectivity index (χ3v) is 3.88. The van der Waals surface area contributed by atoms with E-state index in [0.717, 1.165) is 6.42 Å². The molecule has 2 unspecified atom stereocenters. The Morgan fingerprint density at radius 3 is 2.38 bits per heavy atom. The average molecular weight is 285 g/mol. The Morgan fingerprint density at radius 1 is 1.00 bits per heavy atom. The smallest absolute Gasteiger partial charge is 0.0665 e. The van der Waals surface area contributed by atoms with Crippen LogP contribution in [0.3, 0.4) is 0 Å². The highest BCUT2D eigenvalue weighted by Gasteiger charge is 2.13. The largest absolute Gasteiger partial charge is 0.377 e. The van der Waals surface area contributed by atoms with E-state index in [9.17, 15) is 0 Å². The van der Waals surface area contributed by atoms with Gasteiger partial charge < -0.3 is 10.1 Å².